The quantitative estimate of drug-likeness (QED) is 0.111. The van der Waals surface area contributed by atoms with Gasteiger partial charge < -0.3 is 0 Å². The molecule has 3 heteroatoms. The SMILES string of the molecule is CCC(=O)CCCCCCC12CC3CC(CCCCCCC(=O)CC)(C1)CC(CCCCCCC(=O)CC)(C3)C2. The van der Waals surface area contributed by atoms with Gasteiger partial charge in [0.25, 0.3) is 0 Å². The molecule has 4 aliphatic carbocycles. The van der Waals surface area contributed by atoms with Gasteiger partial charge >= 0.3 is 0 Å². The Bertz CT molecular complexity index is 685. The molecular weight excluding hydrogens is 492 g/mol. The number of rotatable bonds is 24. The van der Waals surface area contributed by atoms with Crippen LogP contribution in [0.15, 0.2) is 0 Å². The molecule has 0 unspecified atom stereocenters. The predicted octanol–water partition coefficient (Wildman–Crippen LogP) is 10.9. The molecule has 0 heterocycles. The fourth-order valence-corrected chi connectivity index (χ4v) is 9.95. The highest BCUT2D eigenvalue weighted by Gasteiger charge is 2.61. The van der Waals surface area contributed by atoms with Crippen molar-refractivity contribution in [1.82, 2.24) is 0 Å². The number of ketones is 3. The molecule has 0 amide bonds. The molecule has 0 saturated heterocycles. The molecule has 40 heavy (non-hydrogen) atoms. The summed E-state index contributed by atoms with van der Waals surface area (Å²) in [6, 6.07) is 0. The van der Waals surface area contributed by atoms with E-state index in [1.54, 1.807) is 0 Å². The Labute approximate surface area is 247 Å². The maximum absolute atomic E-state index is 11.7. The summed E-state index contributed by atoms with van der Waals surface area (Å²) in [5.41, 5.74) is 1.75. The van der Waals surface area contributed by atoms with Crippen LogP contribution in [0.2, 0.25) is 0 Å². The Balaban J connectivity index is 1.54. The molecule has 4 bridgehead atoms. The third-order valence-electron chi connectivity index (χ3n) is 11.3. The minimum atomic E-state index is 0.430. The molecule has 3 nitrogen and oxygen atoms in total. The summed E-state index contributed by atoms with van der Waals surface area (Å²) in [6.07, 6.45) is 32.6. The van der Waals surface area contributed by atoms with Crippen molar-refractivity contribution in [2.24, 2.45) is 22.2 Å². The van der Waals surface area contributed by atoms with Crippen LogP contribution in [0, 0.1) is 22.2 Å². The third kappa shape index (κ3) is 10.4. The lowest BCUT2D eigenvalue weighted by molar-refractivity contribution is -0.169. The summed E-state index contributed by atoms with van der Waals surface area (Å²) in [5, 5.41) is 0. The Kier molecular flexibility index (Phi) is 13.9. The van der Waals surface area contributed by atoms with Gasteiger partial charge in [0, 0.05) is 38.5 Å². The fraction of sp³-hybridized carbons (Fsp3) is 0.919. The van der Waals surface area contributed by atoms with Gasteiger partial charge in [-0.25, -0.2) is 0 Å². The summed E-state index contributed by atoms with van der Waals surface area (Å²) < 4.78 is 0. The summed E-state index contributed by atoms with van der Waals surface area (Å²) in [6.45, 7) is 5.96. The van der Waals surface area contributed by atoms with Gasteiger partial charge in [0.15, 0.2) is 0 Å². The molecule has 230 valence electrons. The van der Waals surface area contributed by atoms with Gasteiger partial charge in [-0.1, -0.05) is 78.6 Å². The number of carbonyl (C=O) groups is 3. The molecule has 4 rings (SSSR count). The van der Waals surface area contributed by atoms with Crippen molar-refractivity contribution in [3.05, 3.63) is 0 Å². The zero-order chi connectivity index (χ0) is 28.9. The average molecular weight is 557 g/mol. The topological polar surface area (TPSA) is 51.2 Å². The van der Waals surface area contributed by atoms with Crippen LogP contribution in [0.5, 0.6) is 0 Å². The minimum Gasteiger partial charge on any atom is -0.300 e. The number of hydrogen-bond acceptors (Lipinski definition) is 3. The third-order valence-corrected chi connectivity index (χ3v) is 11.3. The van der Waals surface area contributed by atoms with Crippen molar-refractivity contribution < 1.29 is 14.4 Å². The average Bonchev–Trinajstić information content (AvgIpc) is 2.93. The Morgan fingerprint density at radius 1 is 0.450 bits per heavy atom. The maximum atomic E-state index is 11.7. The molecule has 0 radical (unpaired) electrons. The zero-order valence-corrected chi connectivity index (χ0v) is 26.9. The van der Waals surface area contributed by atoms with Crippen molar-refractivity contribution >= 4 is 17.3 Å². The highest BCUT2D eigenvalue weighted by molar-refractivity contribution is 5.78. The number of carbonyl (C=O) groups excluding carboxylic acids is 3. The molecule has 0 aromatic heterocycles. The predicted molar refractivity (Wildman–Crippen MR) is 167 cm³/mol. The first-order chi connectivity index (χ1) is 19.3. The van der Waals surface area contributed by atoms with Crippen molar-refractivity contribution in [1.29, 1.82) is 0 Å². The van der Waals surface area contributed by atoms with Crippen LogP contribution in [0.25, 0.3) is 0 Å². The van der Waals surface area contributed by atoms with Crippen LogP contribution in [0.4, 0.5) is 0 Å². The smallest absolute Gasteiger partial charge is 0.132 e. The molecule has 0 aromatic rings. The largest absolute Gasteiger partial charge is 0.300 e. The van der Waals surface area contributed by atoms with E-state index in [-0.39, 0.29) is 0 Å². The van der Waals surface area contributed by atoms with Gasteiger partial charge in [0.2, 0.25) is 0 Å². The van der Waals surface area contributed by atoms with E-state index in [1.807, 2.05) is 20.8 Å². The first-order valence-electron chi connectivity index (χ1n) is 17.8. The van der Waals surface area contributed by atoms with E-state index in [0.29, 0.717) is 52.9 Å². The molecular formula is C37H64O3. The van der Waals surface area contributed by atoms with Crippen LogP contribution in [-0.2, 0) is 14.4 Å². The van der Waals surface area contributed by atoms with Crippen molar-refractivity contribution in [3.63, 3.8) is 0 Å². The van der Waals surface area contributed by atoms with Gasteiger partial charge in [0.05, 0.1) is 0 Å². The number of unbranched alkanes of at least 4 members (excludes halogenated alkanes) is 9. The molecule has 0 spiro atoms. The molecule has 4 aliphatic rings. The zero-order valence-electron chi connectivity index (χ0n) is 26.9. The van der Waals surface area contributed by atoms with Crippen molar-refractivity contribution in [3.8, 4) is 0 Å². The fourth-order valence-electron chi connectivity index (χ4n) is 9.95. The lowest BCUT2D eigenvalue weighted by Gasteiger charge is -2.68. The van der Waals surface area contributed by atoms with Gasteiger partial charge in [-0.15, -0.1) is 0 Å². The second-order valence-electron chi connectivity index (χ2n) is 14.9. The Hall–Kier alpha value is -0.990. The second-order valence-corrected chi connectivity index (χ2v) is 14.9. The summed E-state index contributed by atoms with van der Waals surface area (Å²) in [4.78, 5) is 35.1. The highest BCUT2D eigenvalue weighted by atomic mass is 16.1. The van der Waals surface area contributed by atoms with E-state index >= 15 is 0 Å². The van der Waals surface area contributed by atoms with Crippen molar-refractivity contribution in [2.45, 2.75) is 194 Å². The second kappa shape index (κ2) is 16.6. The lowest BCUT2D eigenvalue weighted by Crippen LogP contribution is -2.56. The molecule has 0 atom stereocenters. The number of hydrogen-bond donors (Lipinski definition) is 0. The Morgan fingerprint density at radius 3 is 1.00 bits per heavy atom. The van der Waals surface area contributed by atoms with Crippen molar-refractivity contribution in [2.75, 3.05) is 0 Å². The van der Waals surface area contributed by atoms with Gasteiger partial charge in [-0.2, -0.15) is 0 Å². The van der Waals surface area contributed by atoms with E-state index in [9.17, 15) is 14.4 Å². The van der Waals surface area contributed by atoms with E-state index in [1.165, 1.54) is 116 Å². The Morgan fingerprint density at radius 2 is 0.725 bits per heavy atom. The molecule has 4 fully saturated rings. The lowest BCUT2D eigenvalue weighted by atomic mass is 9.37. The molecule has 4 saturated carbocycles. The van der Waals surface area contributed by atoms with Crippen LogP contribution < -0.4 is 0 Å². The van der Waals surface area contributed by atoms with E-state index < -0.39 is 0 Å². The minimum absolute atomic E-state index is 0.430. The van der Waals surface area contributed by atoms with Gasteiger partial charge in [-0.3, -0.25) is 14.4 Å². The summed E-state index contributed by atoms with van der Waals surface area (Å²) >= 11 is 0. The standard InChI is InChI=1S/C37H64O3/c1-4-32(38)19-13-7-10-16-22-35-25-31-26-36(28-35,23-17-11-8-14-20-33(39)5-2)30-37(27-31,29-35)24-18-12-9-15-21-34(40)6-3/h31H,4-30H2,1-3H3. The van der Waals surface area contributed by atoms with Crippen LogP contribution in [0.1, 0.15) is 194 Å². The maximum Gasteiger partial charge on any atom is 0.132 e. The molecule has 0 aliphatic heterocycles. The summed E-state index contributed by atoms with van der Waals surface area (Å²) in [5.74, 6) is 2.24. The molecule has 0 aromatic carbocycles. The van der Waals surface area contributed by atoms with Gasteiger partial charge in [0.1, 0.15) is 17.3 Å². The highest BCUT2D eigenvalue weighted by Crippen LogP contribution is 2.73. The van der Waals surface area contributed by atoms with Crippen LogP contribution >= 0.6 is 0 Å². The monoisotopic (exact) mass is 556 g/mol. The molecule has 0 N–H and O–H groups in total. The van der Waals surface area contributed by atoms with E-state index in [4.69, 9.17) is 0 Å². The van der Waals surface area contributed by atoms with E-state index in [0.717, 1.165) is 44.4 Å². The first-order valence-corrected chi connectivity index (χ1v) is 17.8. The van der Waals surface area contributed by atoms with Crippen LogP contribution in [0.3, 0.4) is 0 Å². The van der Waals surface area contributed by atoms with E-state index in [2.05, 4.69) is 0 Å². The summed E-state index contributed by atoms with van der Waals surface area (Å²) in [7, 11) is 0. The number of Topliss-reactive ketones (excluding diaryl/α,β-unsaturated/α-hetero) is 3. The first kappa shape index (κ1) is 33.5. The van der Waals surface area contributed by atoms with Crippen LogP contribution in [-0.4, -0.2) is 17.3 Å². The normalized spacial score (nSPS) is 28.7. The van der Waals surface area contributed by atoms with Gasteiger partial charge in [-0.05, 0) is 99.2 Å².